The van der Waals surface area contributed by atoms with Gasteiger partial charge in [0.1, 0.15) is 5.82 Å². The second-order valence-electron chi connectivity index (χ2n) is 5.79. The number of nitrogens with zero attached hydrogens (tertiary/aromatic N) is 1. The molecule has 0 fully saturated rings. The smallest absolute Gasteiger partial charge is 0.141 e. The van der Waals surface area contributed by atoms with Crippen molar-refractivity contribution in [1.82, 2.24) is 10.3 Å². The van der Waals surface area contributed by atoms with Crippen LogP contribution in [0.5, 0.6) is 0 Å². The maximum absolute atomic E-state index is 12.9. The lowest BCUT2D eigenvalue weighted by molar-refractivity contribution is 0.481. The van der Waals surface area contributed by atoms with Gasteiger partial charge < -0.3 is 5.32 Å². The Morgan fingerprint density at radius 3 is 2.24 bits per heavy atom. The lowest BCUT2D eigenvalue weighted by Gasteiger charge is -2.16. The monoisotopic (exact) mass is 294 g/mol. The SMILES string of the molecule is CCCCCCCCCCNC(CC)c1ccc(F)cn1. The van der Waals surface area contributed by atoms with Gasteiger partial charge in [0.25, 0.3) is 0 Å². The molecule has 120 valence electrons. The summed E-state index contributed by atoms with van der Waals surface area (Å²) in [6, 6.07) is 3.52. The second kappa shape index (κ2) is 11.7. The molecule has 1 rings (SSSR count). The maximum atomic E-state index is 12.9. The van der Waals surface area contributed by atoms with Gasteiger partial charge in [0.2, 0.25) is 0 Å². The average molecular weight is 294 g/mol. The molecule has 1 aromatic rings. The number of hydrogen-bond donors (Lipinski definition) is 1. The Morgan fingerprint density at radius 1 is 1.00 bits per heavy atom. The van der Waals surface area contributed by atoms with E-state index in [1.165, 1.54) is 63.6 Å². The molecule has 1 atom stereocenters. The molecular weight excluding hydrogens is 263 g/mol. The molecule has 0 saturated heterocycles. The third-order valence-electron chi connectivity index (χ3n) is 3.94. The van der Waals surface area contributed by atoms with Crippen LogP contribution in [0.25, 0.3) is 0 Å². The lowest BCUT2D eigenvalue weighted by atomic mass is 10.1. The van der Waals surface area contributed by atoms with Crippen molar-refractivity contribution in [1.29, 1.82) is 0 Å². The van der Waals surface area contributed by atoms with Gasteiger partial charge in [-0.15, -0.1) is 0 Å². The Bertz CT molecular complexity index is 351. The van der Waals surface area contributed by atoms with Crippen LogP contribution in [0.1, 0.15) is 83.4 Å². The fourth-order valence-electron chi connectivity index (χ4n) is 2.59. The van der Waals surface area contributed by atoms with Crippen molar-refractivity contribution in [2.24, 2.45) is 0 Å². The fraction of sp³-hybridized carbons (Fsp3) is 0.722. The van der Waals surface area contributed by atoms with Crippen LogP contribution in [0.15, 0.2) is 18.3 Å². The molecule has 0 radical (unpaired) electrons. The molecule has 0 aromatic carbocycles. The van der Waals surface area contributed by atoms with Crippen LogP contribution in [-0.2, 0) is 0 Å². The van der Waals surface area contributed by atoms with Gasteiger partial charge in [0.05, 0.1) is 11.9 Å². The molecule has 2 nitrogen and oxygen atoms in total. The van der Waals surface area contributed by atoms with Crippen LogP contribution < -0.4 is 5.32 Å². The Balaban J connectivity index is 2.08. The summed E-state index contributed by atoms with van der Waals surface area (Å²) >= 11 is 0. The minimum Gasteiger partial charge on any atom is -0.309 e. The van der Waals surface area contributed by atoms with E-state index >= 15 is 0 Å². The molecule has 1 aromatic heterocycles. The molecule has 21 heavy (non-hydrogen) atoms. The highest BCUT2D eigenvalue weighted by molar-refractivity contribution is 5.09. The average Bonchev–Trinajstić information content (AvgIpc) is 2.51. The van der Waals surface area contributed by atoms with E-state index in [9.17, 15) is 4.39 Å². The second-order valence-corrected chi connectivity index (χ2v) is 5.79. The molecule has 0 amide bonds. The Kier molecular flexibility index (Phi) is 10.1. The van der Waals surface area contributed by atoms with Crippen LogP contribution in [0.3, 0.4) is 0 Å². The number of rotatable bonds is 12. The van der Waals surface area contributed by atoms with E-state index in [0.29, 0.717) is 0 Å². The van der Waals surface area contributed by atoms with E-state index < -0.39 is 0 Å². The van der Waals surface area contributed by atoms with Crippen LogP contribution in [-0.4, -0.2) is 11.5 Å². The minimum atomic E-state index is -0.267. The maximum Gasteiger partial charge on any atom is 0.141 e. The minimum absolute atomic E-state index is 0.246. The van der Waals surface area contributed by atoms with Gasteiger partial charge >= 0.3 is 0 Å². The first-order valence-electron chi connectivity index (χ1n) is 8.62. The zero-order valence-electron chi connectivity index (χ0n) is 13.7. The Morgan fingerprint density at radius 2 is 1.67 bits per heavy atom. The molecule has 3 heteroatoms. The molecule has 1 unspecified atom stereocenters. The summed E-state index contributed by atoms with van der Waals surface area (Å²) in [5.74, 6) is -0.267. The van der Waals surface area contributed by atoms with Crippen LogP contribution in [0.2, 0.25) is 0 Å². The van der Waals surface area contributed by atoms with Gasteiger partial charge in [-0.2, -0.15) is 0 Å². The fourth-order valence-corrected chi connectivity index (χ4v) is 2.59. The highest BCUT2D eigenvalue weighted by Crippen LogP contribution is 2.14. The van der Waals surface area contributed by atoms with Crippen LogP contribution in [0, 0.1) is 5.82 Å². The van der Waals surface area contributed by atoms with E-state index in [1.54, 1.807) is 6.07 Å². The van der Waals surface area contributed by atoms with Crippen molar-refractivity contribution in [3.63, 3.8) is 0 Å². The Hall–Kier alpha value is -0.960. The quantitative estimate of drug-likeness (QED) is 0.522. The van der Waals surface area contributed by atoms with Crippen molar-refractivity contribution in [3.05, 3.63) is 29.8 Å². The molecule has 0 saturated carbocycles. The number of aromatic nitrogens is 1. The predicted molar refractivity (Wildman–Crippen MR) is 87.8 cm³/mol. The number of hydrogen-bond acceptors (Lipinski definition) is 2. The zero-order chi connectivity index (χ0) is 15.3. The first-order chi connectivity index (χ1) is 10.3. The molecule has 0 aliphatic carbocycles. The van der Waals surface area contributed by atoms with Crippen molar-refractivity contribution < 1.29 is 4.39 Å². The van der Waals surface area contributed by atoms with Crippen molar-refractivity contribution in [2.45, 2.75) is 77.7 Å². The van der Waals surface area contributed by atoms with Gasteiger partial charge in [0, 0.05) is 6.04 Å². The third-order valence-corrected chi connectivity index (χ3v) is 3.94. The van der Waals surface area contributed by atoms with Crippen LogP contribution >= 0.6 is 0 Å². The Labute approximate surface area is 129 Å². The lowest BCUT2D eigenvalue weighted by Crippen LogP contribution is -2.22. The molecule has 0 aliphatic rings. The first kappa shape index (κ1) is 18.1. The van der Waals surface area contributed by atoms with Gasteiger partial charge in [-0.25, -0.2) is 4.39 Å². The molecule has 1 N–H and O–H groups in total. The highest BCUT2D eigenvalue weighted by atomic mass is 19.1. The molecule has 0 aliphatic heterocycles. The summed E-state index contributed by atoms with van der Waals surface area (Å²) in [6.45, 7) is 5.41. The molecule has 0 bridgehead atoms. The number of unbranched alkanes of at least 4 members (excludes halogenated alkanes) is 7. The number of halogens is 1. The van der Waals surface area contributed by atoms with E-state index in [4.69, 9.17) is 0 Å². The molecule has 1 heterocycles. The van der Waals surface area contributed by atoms with E-state index in [1.807, 2.05) is 0 Å². The highest BCUT2D eigenvalue weighted by Gasteiger charge is 2.09. The topological polar surface area (TPSA) is 24.9 Å². The van der Waals surface area contributed by atoms with Gasteiger partial charge in [-0.1, -0.05) is 58.8 Å². The summed E-state index contributed by atoms with van der Waals surface area (Å²) in [7, 11) is 0. The van der Waals surface area contributed by atoms with Crippen LogP contribution in [0.4, 0.5) is 4.39 Å². The predicted octanol–water partition coefficient (Wildman–Crippen LogP) is 5.40. The van der Waals surface area contributed by atoms with Crippen molar-refractivity contribution in [2.75, 3.05) is 6.54 Å². The summed E-state index contributed by atoms with van der Waals surface area (Å²) in [4.78, 5) is 4.17. The van der Waals surface area contributed by atoms with E-state index in [0.717, 1.165) is 18.7 Å². The number of pyridine rings is 1. The van der Waals surface area contributed by atoms with Gasteiger partial charge in [0.15, 0.2) is 0 Å². The third kappa shape index (κ3) is 8.15. The summed E-state index contributed by atoms with van der Waals surface area (Å²) in [5, 5.41) is 3.53. The van der Waals surface area contributed by atoms with Crippen molar-refractivity contribution in [3.8, 4) is 0 Å². The van der Waals surface area contributed by atoms with E-state index in [-0.39, 0.29) is 11.9 Å². The zero-order valence-corrected chi connectivity index (χ0v) is 13.7. The normalized spacial score (nSPS) is 12.5. The largest absolute Gasteiger partial charge is 0.309 e. The summed E-state index contributed by atoms with van der Waals surface area (Å²) < 4.78 is 12.9. The number of nitrogens with one attached hydrogen (secondary N) is 1. The van der Waals surface area contributed by atoms with Gasteiger partial charge in [-0.3, -0.25) is 4.98 Å². The standard InChI is InChI=1S/C18H31FN2/c1-3-5-6-7-8-9-10-11-14-20-17(4-2)18-13-12-16(19)15-21-18/h12-13,15,17,20H,3-11,14H2,1-2H3. The summed E-state index contributed by atoms with van der Waals surface area (Å²) in [5.41, 5.74) is 0.943. The summed E-state index contributed by atoms with van der Waals surface area (Å²) in [6.07, 6.45) is 13.0. The molecule has 0 spiro atoms. The van der Waals surface area contributed by atoms with Gasteiger partial charge in [-0.05, 0) is 31.5 Å². The molecular formula is C18H31FN2. The van der Waals surface area contributed by atoms with Crippen molar-refractivity contribution >= 4 is 0 Å². The van der Waals surface area contributed by atoms with E-state index in [2.05, 4.69) is 24.1 Å². The first-order valence-corrected chi connectivity index (χ1v) is 8.62.